The highest BCUT2D eigenvalue weighted by Gasteiger charge is 2.19. The first-order chi connectivity index (χ1) is 8.13. The molecule has 0 aliphatic rings. The van der Waals surface area contributed by atoms with Crippen LogP contribution in [0.3, 0.4) is 0 Å². The maximum Gasteiger partial charge on any atom is 0.345 e. The van der Waals surface area contributed by atoms with Crippen LogP contribution in [0.15, 0.2) is 30.3 Å². The predicted octanol–water partition coefficient (Wildman–Crippen LogP) is 2.03. The van der Waals surface area contributed by atoms with Crippen LogP contribution in [0, 0.1) is 0 Å². The van der Waals surface area contributed by atoms with Gasteiger partial charge in [0.05, 0.1) is 0 Å². The van der Waals surface area contributed by atoms with Crippen LogP contribution in [0.2, 0.25) is 0 Å². The zero-order chi connectivity index (χ0) is 12.7. The number of hydrogen-bond donors (Lipinski definition) is 1. The second kappa shape index (κ2) is 6.68. The topological polar surface area (TPSA) is 63.6 Å². The summed E-state index contributed by atoms with van der Waals surface area (Å²) in [6.07, 6.45) is 0.0221. The van der Waals surface area contributed by atoms with Crippen LogP contribution in [-0.2, 0) is 20.7 Å². The van der Waals surface area contributed by atoms with Gasteiger partial charge in [0.1, 0.15) is 0 Å². The molecule has 0 bridgehead atoms. The van der Waals surface area contributed by atoms with Gasteiger partial charge in [0, 0.05) is 6.42 Å². The molecule has 0 aromatic heterocycles. The molecule has 0 amide bonds. The van der Waals surface area contributed by atoms with E-state index in [0.717, 1.165) is 5.56 Å². The van der Waals surface area contributed by atoms with E-state index in [2.05, 4.69) is 0 Å². The molecule has 1 rings (SSSR count). The molecule has 1 aromatic rings. The number of carbonyl (C=O) groups is 2. The lowest BCUT2D eigenvalue weighted by Gasteiger charge is -2.11. The molecule has 0 fully saturated rings. The molecule has 17 heavy (non-hydrogen) atoms. The van der Waals surface area contributed by atoms with Gasteiger partial charge in [0.25, 0.3) is 0 Å². The highest BCUT2D eigenvalue weighted by Crippen LogP contribution is 2.06. The summed E-state index contributed by atoms with van der Waals surface area (Å²) in [5, 5.41) is 8.73. The van der Waals surface area contributed by atoms with E-state index >= 15 is 0 Å². The second-order valence-electron chi connectivity index (χ2n) is 3.71. The van der Waals surface area contributed by atoms with Gasteiger partial charge in [-0.15, -0.1) is 0 Å². The standard InChI is InChI=1S/C13H16O4/c1-2-11(13(15)16)17-12(14)9-8-10-6-4-3-5-7-10/h3-7,11H,2,8-9H2,1H3,(H,15,16). The van der Waals surface area contributed by atoms with E-state index in [0.29, 0.717) is 6.42 Å². The van der Waals surface area contributed by atoms with Gasteiger partial charge in [0.15, 0.2) is 6.10 Å². The van der Waals surface area contributed by atoms with Crippen molar-refractivity contribution in [2.75, 3.05) is 0 Å². The minimum Gasteiger partial charge on any atom is -0.479 e. The maximum atomic E-state index is 11.4. The Morgan fingerprint density at radius 3 is 2.47 bits per heavy atom. The molecule has 1 unspecified atom stereocenters. The number of ether oxygens (including phenoxy) is 1. The molecule has 92 valence electrons. The lowest BCUT2D eigenvalue weighted by Crippen LogP contribution is -2.26. The first kappa shape index (κ1) is 13.2. The summed E-state index contributed by atoms with van der Waals surface area (Å²) in [4.78, 5) is 22.1. The normalized spacial score (nSPS) is 11.8. The van der Waals surface area contributed by atoms with Crippen molar-refractivity contribution in [3.63, 3.8) is 0 Å². The fourth-order valence-corrected chi connectivity index (χ4v) is 1.42. The minimum absolute atomic E-state index is 0.202. The Labute approximate surface area is 100 Å². The zero-order valence-electron chi connectivity index (χ0n) is 9.76. The van der Waals surface area contributed by atoms with Gasteiger partial charge in [0.2, 0.25) is 0 Å². The number of carbonyl (C=O) groups excluding carboxylic acids is 1. The first-order valence-corrected chi connectivity index (χ1v) is 5.59. The van der Waals surface area contributed by atoms with E-state index < -0.39 is 18.0 Å². The summed E-state index contributed by atoms with van der Waals surface area (Å²) in [7, 11) is 0. The molecule has 1 N–H and O–H groups in total. The number of carboxylic acid groups (broad SMARTS) is 1. The van der Waals surface area contributed by atoms with Crippen LogP contribution in [0.5, 0.6) is 0 Å². The maximum absolute atomic E-state index is 11.4. The highest BCUT2D eigenvalue weighted by molar-refractivity contribution is 5.78. The third-order valence-corrected chi connectivity index (χ3v) is 2.38. The number of esters is 1. The van der Waals surface area contributed by atoms with Crippen LogP contribution < -0.4 is 0 Å². The van der Waals surface area contributed by atoms with Crippen molar-refractivity contribution in [3.05, 3.63) is 35.9 Å². The van der Waals surface area contributed by atoms with Gasteiger partial charge in [-0.05, 0) is 18.4 Å². The van der Waals surface area contributed by atoms with E-state index in [1.807, 2.05) is 30.3 Å². The molecule has 0 heterocycles. The SMILES string of the molecule is CCC(OC(=O)CCc1ccccc1)C(=O)O. The second-order valence-corrected chi connectivity index (χ2v) is 3.71. The fourth-order valence-electron chi connectivity index (χ4n) is 1.42. The molecule has 0 radical (unpaired) electrons. The van der Waals surface area contributed by atoms with E-state index in [9.17, 15) is 9.59 Å². The number of rotatable bonds is 6. The molecule has 0 aliphatic carbocycles. The summed E-state index contributed by atoms with van der Waals surface area (Å²) in [6, 6.07) is 9.53. The van der Waals surface area contributed by atoms with Crippen molar-refractivity contribution in [2.24, 2.45) is 0 Å². The Morgan fingerprint density at radius 2 is 1.94 bits per heavy atom. The molecule has 0 saturated heterocycles. The Balaban J connectivity index is 2.37. The minimum atomic E-state index is -1.10. The first-order valence-electron chi connectivity index (χ1n) is 5.59. The molecular weight excluding hydrogens is 220 g/mol. The molecule has 4 nitrogen and oxygen atoms in total. The molecule has 1 aromatic carbocycles. The molecule has 0 spiro atoms. The van der Waals surface area contributed by atoms with Crippen molar-refractivity contribution in [3.8, 4) is 0 Å². The summed E-state index contributed by atoms with van der Waals surface area (Å²) in [6.45, 7) is 1.67. The van der Waals surface area contributed by atoms with Crippen LogP contribution in [0.4, 0.5) is 0 Å². The van der Waals surface area contributed by atoms with Gasteiger partial charge in [-0.3, -0.25) is 4.79 Å². The van der Waals surface area contributed by atoms with Crippen molar-refractivity contribution >= 4 is 11.9 Å². The van der Waals surface area contributed by atoms with Crippen molar-refractivity contribution < 1.29 is 19.4 Å². The number of aliphatic carboxylic acids is 1. The molecule has 0 aliphatic heterocycles. The van der Waals surface area contributed by atoms with Crippen molar-refractivity contribution in [1.29, 1.82) is 0 Å². The number of benzene rings is 1. The summed E-state index contributed by atoms with van der Waals surface area (Å²) >= 11 is 0. The highest BCUT2D eigenvalue weighted by atomic mass is 16.6. The Morgan fingerprint density at radius 1 is 1.29 bits per heavy atom. The quantitative estimate of drug-likeness (QED) is 0.767. The van der Waals surface area contributed by atoms with Gasteiger partial charge < -0.3 is 9.84 Å². The van der Waals surface area contributed by atoms with Crippen LogP contribution in [0.1, 0.15) is 25.3 Å². The molecule has 4 heteroatoms. The van der Waals surface area contributed by atoms with E-state index in [-0.39, 0.29) is 12.8 Å². The average molecular weight is 236 g/mol. The summed E-state index contributed by atoms with van der Waals surface area (Å²) < 4.78 is 4.84. The smallest absolute Gasteiger partial charge is 0.345 e. The fraction of sp³-hybridized carbons (Fsp3) is 0.385. The third-order valence-electron chi connectivity index (χ3n) is 2.38. The lowest BCUT2D eigenvalue weighted by atomic mass is 10.1. The third kappa shape index (κ3) is 4.68. The van der Waals surface area contributed by atoms with E-state index in [4.69, 9.17) is 9.84 Å². The number of hydrogen-bond acceptors (Lipinski definition) is 3. The molecule has 1 atom stereocenters. The Bertz CT molecular complexity index is 372. The summed E-state index contributed by atoms with van der Waals surface area (Å²) in [5.74, 6) is -1.57. The Hall–Kier alpha value is -1.84. The van der Waals surface area contributed by atoms with Crippen LogP contribution in [-0.4, -0.2) is 23.1 Å². The van der Waals surface area contributed by atoms with Crippen LogP contribution in [0.25, 0.3) is 0 Å². The largest absolute Gasteiger partial charge is 0.479 e. The van der Waals surface area contributed by atoms with Gasteiger partial charge >= 0.3 is 11.9 Å². The number of aryl methyl sites for hydroxylation is 1. The zero-order valence-corrected chi connectivity index (χ0v) is 9.76. The number of carboxylic acids is 1. The average Bonchev–Trinajstić information content (AvgIpc) is 2.34. The van der Waals surface area contributed by atoms with Gasteiger partial charge in [-0.1, -0.05) is 37.3 Å². The lowest BCUT2D eigenvalue weighted by molar-refractivity contribution is -0.164. The van der Waals surface area contributed by atoms with Crippen molar-refractivity contribution in [2.45, 2.75) is 32.3 Å². The molecular formula is C13H16O4. The van der Waals surface area contributed by atoms with E-state index in [1.165, 1.54) is 0 Å². The van der Waals surface area contributed by atoms with Crippen LogP contribution >= 0.6 is 0 Å². The van der Waals surface area contributed by atoms with E-state index in [1.54, 1.807) is 6.92 Å². The Kier molecular flexibility index (Phi) is 5.20. The van der Waals surface area contributed by atoms with Crippen molar-refractivity contribution in [1.82, 2.24) is 0 Å². The van der Waals surface area contributed by atoms with Gasteiger partial charge in [-0.2, -0.15) is 0 Å². The summed E-state index contributed by atoms with van der Waals surface area (Å²) in [5.41, 5.74) is 1.04. The molecule has 0 saturated carbocycles. The monoisotopic (exact) mass is 236 g/mol. The van der Waals surface area contributed by atoms with Gasteiger partial charge in [-0.25, -0.2) is 4.79 Å². The predicted molar refractivity (Wildman–Crippen MR) is 62.6 cm³/mol.